The van der Waals surface area contributed by atoms with Crippen molar-refractivity contribution in [2.45, 2.75) is 32.0 Å². The Morgan fingerprint density at radius 2 is 2.07 bits per heavy atom. The number of carbonyl (C=O) groups is 1. The van der Waals surface area contributed by atoms with Gasteiger partial charge in [-0.25, -0.2) is 9.48 Å². The molecule has 1 atom stereocenters. The molecule has 1 aliphatic rings. The van der Waals surface area contributed by atoms with E-state index in [0.29, 0.717) is 18.8 Å². The van der Waals surface area contributed by atoms with Crippen LogP contribution in [0, 0.1) is 0 Å². The molecule has 4 rings (SSSR count). The summed E-state index contributed by atoms with van der Waals surface area (Å²) in [5.41, 5.74) is 2.56. The van der Waals surface area contributed by atoms with Gasteiger partial charge in [0.25, 0.3) is 0 Å². The molecule has 0 radical (unpaired) electrons. The van der Waals surface area contributed by atoms with Crippen LogP contribution in [0.1, 0.15) is 18.4 Å². The molecule has 1 fully saturated rings. The minimum atomic E-state index is -0.279. The summed E-state index contributed by atoms with van der Waals surface area (Å²) in [6.07, 6.45) is 9.46. The van der Waals surface area contributed by atoms with Crippen molar-refractivity contribution in [2.75, 3.05) is 11.9 Å². The Balaban J connectivity index is 1.26. The quantitative estimate of drug-likeness (QED) is 0.702. The molecule has 1 unspecified atom stereocenters. The predicted octanol–water partition coefficient (Wildman–Crippen LogP) is 2.57. The predicted molar refractivity (Wildman–Crippen MR) is 101 cm³/mol. The summed E-state index contributed by atoms with van der Waals surface area (Å²) in [7, 11) is 0. The molecule has 0 spiro atoms. The van der Waals surface area contributed by atoms with E-state index in [-0.39, 0.29) is 12.1 Å². The molecule has 2 aromatic heterocycles. The van der Waals surface area contributed by atoms with E-state index in [1.165, 1.54) is 0 Å². The van der Waals surface area contributed by atoms with E-state index in [2.05, 4.69) is 20.8 Å². The summed E-state index contributed by atoms with van der Waals surface area (Å²) < 4.78 is 9.18. The molecular formula is C19H22N6O2. The van der Waals surface area contributed by atoms with Gasteiger partial charge >= 0.3 is 6.03 Å². The average molecular weight is 366 g/mol. The summed E-state index contributed by atoms with van der Waals surface area (Å²) >= 11 is 0. The molecule has 3 aromatic rings. The number of aromatic nitrogens is 4. The fraction of sp³-hybridized carbons (Fsp3) is 0.316. The highest BCUT2D eigenvalue weighted by molar-refractivity contribution is 5.88. The molecule has 140 valence electrons. The molecule has 8 heteroatoms. The molecule has 3 heterocycles. The van der Waals surface area contributed by atoms with Gasteiger partial charge in [-0.15, -0.1) is 0 Å². The van der Waals surface area contributed by atoms with E-state index >= 15 is 0 Å². The maximum atomic E-state index is 12.1. The van der Waals surface area contributed by atoms with Crippen LogP contribution in [-0.4, -0.2) is 38.3 Å². The lowest BCUT2D eigenvalue weighted by atomic mass is 10.2. The van der Waals surface area contributed by atoms with Crippen molar-refractivity contribution < 1.29 is 9.53 Å². The zero-order valence-corrected chi connectivity index (χ0v) is 14.9. The van der Waals surface area contributed by atoms with Gasteiger partial charge in [0.1, 0.15) is 0 Å². The fourth-order valence-corrected chi connectivity index (χ4v) is 3.06. The first-order valence-electron chi connectivity index (χ1n) is 9.04. The third-order valence-electron chi connectivity index (χ3n) is 4.42. The Labute approximate surface area is 157 Å². The van der Waals surface area contributed by atoms with Gasteiger partial charge in [0.15, 0.2) is 0 Å². The zero-order valence-electron chi connectivity index (χ0n) is 14.9. The van der Waals surface area contributed by atoms with Gasteiger partial charge in [-0.1, -0.05) is 18.2 Å². The van der Waals surface area contributed by atoms with Crippen LogP contribution in [0.4, 0.5) is 10.5 Å². The summed E-state index contributed by atoms with van der Waals surface area (Å²) in [5.74, 6) is 0. The number of para-hydroxylation sites is 1. The molecule has 0 bridgehead atoms. The van der Waals surface area contributed by atoms with E-state index < -0.39 is 0 Å². The number of nitrogens with one attached hydrogen (secondary N) is 2. The monoisotopic (exact) mass is 366 g/mol. The number of benzene rings is 1. The second-order valence-electron chi connectivity index (χ2n) is 6.52. The van der Waals surface area contributed by atoms with E-state index in [9.17, 15) is 4.79 Å². The van der Waals surface area contributed by atoms with Gasteiger partial charge in [-0.05, 0) is 25.0 Å². The minimum Gasteiger partial charge on any atom is -0.376 e. The molecule has 0 aliphatic carbocycles. The highest BCUT2D eigenvalue weighted by Crippen LogP contribution is 2.15. The number of hydrogen-bond donors (Lipinski definition) is 2. The minimum absolute atomic E-state index is 0.215. The number of urea groups is 1. The van der Waals surface area contributed by atoms with Gasteiger partial charge in [-0.3, -0.25) is 4.68 Å². The third kappa shape index (κ3) is 4.53. The van der Waals surface area contributed by atoms with E-state index in [1.54, 1.807) is 21.8 Å². The van der Waals surface area contributed by atoms with Crippen LogP contribution in [0.3, 0.4) is 0 Å². The van der Waals surface area contributed by atoms with Gasteiger partial charge in [0.05, 0.1) is 36.4 Å². The molecule has 2 amide bonds. The summed E-state index contributed by atoms with van der Waals surface area (Å²) in [6.45, 7) is 1.92. The first-order valence-corrected chi connectivity index (χ1v) is 9.04. The van der Waals surface area contributed by atoms with Crippen molar-refractivity contribution in [1.82, 2.24) is 24.9 Å². The second-order valence-corrected chi connectivity index (χ2v) is 6.52. The van der Waals surface area contributed by atoms with E-state index in [0.717, 1.165) is 30.7 Å². The smallest absolute Gasteiger partial charge is 0.319 e. The maximum Gasteiger partial charge on any atom is 0.319 e. The fourth-order valence-electron chi connectivity index (χ4n) is 3.06. The van der Waals surface area contributed by atoms with Crippen LogP contribution >= 0.6 is 0 Å². The Hall–Kier alpha value is -3.13. The lowest BCUT2D eigenvalue weighted by molar-refractivity contribution is 0.0940. The van der Waals surface area contributed by atoms with Gasteiger partial charge in [0, 0.05) is 31.1 Å². The first-order chi connectivity index (χ1) is 13.3. The number of amides is 2. The van der Waals surface area contributed by atoms with Gasteiger partial charge in [-0.2, -0.15) is 10.2 Å². The molecule has 1 saturated heterocycles. The Morgan fingerprint density at radius 1 is 1.19 bits per heavy atom. The highest BCUT2D eigenvalue weighted by Gasteiger charge is 2.16. The maximum absolute atomic E-state index is 12.1. The van der Waals surface area contributed by atoms with Crippen LogP contribution in [0.15, 0.2) is 55.1 Å². The number of nitrogens with zero attached hydrogens (tertiary/aromatic N) is 4. The normalized spacial score (nSPS) is 16.4. The third-order valence-corrected chi connectivity index (χ3v) is 4.42. The van der Waals surface area contributed by atoms with Crippen LogP contribution in [0.25, 0.3) is 5.69 Å². The van der Waals surface area contributed by atoms with Crippen molar-refractivity contribution in [3.63, 3.8) is 0 Å². The summed E-state index contributed by atoms with van der Waals surface area (Å²) in [5, 5.41) is 14.2. The number of rotatable bonds is 6. The highest BCUT2D eigenvalue weighted by atomic mass is 16.5. The number of ether oxygens (including phenoxy) is 1. The van der Waals surface area contributed by atoms with Crippen molar-refractivity contribution in [1.29, 1.82) is 0 Å². The molecule has 2 N–H and O–H groups in total. The van der Waals surface area contributed by atoms with Crippen molar-refractivity contribution >= 4 is 11.7 Å². The number of hydrogen-bond acceptors (Lipinski definition) is 4. The summed E-state index contributed by atoms with van der Waals surface area (Å²) in [4.78, 5) is 12.1. The summed E-state index contributed by atoms with van der Waals surface area (Å²) in [6, 6.07) is 9.56. The van der Waals surface area contributed by atoms with Crippen LogP contribution in [0.5, 0.6) is 0 Å². The number of anilines is 1. The lowest BCUT2D eigenvalue weighted by Crippen LogP contribution is -2.27. The van der Waals surface area contributed by atoms with Crippen molar-refractivity contribution in [2.24, 2.45) is 0 Å². The van der Waals surface area contributed by atoms with E-state index in [4.69, 9.17) is 4.74 Å². The Kier molecular flexibility index (Phi) is 5.15. The lowest BCUT2D eigenvalue weighted by Gasteiger charge is -2.08. The Bertz CT molecular complexity index is 883. The first kappa shape index (κ1) is 17.3. The number of carbonyl (C=O) groups excluding carboxylic acids is 1. The second kappa shape index (κ2) is 8.05. The van der Waals surface area contributed by atoms with Crippen LogP contribution in [-0.2, 0) is 17.8 Å². The largest absolute Gasteiger partial charge is 0.376 e. The molecule has 8 nitrogen and oxygen atoms in total. The molecule has 1 aromatic carbocycles. The molecule has 1 aliphatic heterocycles. The standard InChI is InChI=1S/C19H22N6O2/c26-19(23-16-11-21-24(13-16)14-18-7-4-8-27-18)20-9-15-10-22-25(12-15)17-5-2-1-3-6-17/h1-3,5-6,10-13,18H,4,7-9,14H2,(H2,20,23,26). The van der Waals surface area contributed by atoms with Crippen molar-refractivity contribution in [3.05, 3.63) is 60.7 Å². The topological polar surface area (TPSA) is 86.0 Å². The molecular weight excluding hydrogens is 344 g/mol. The average Bonchev–Trinajstić information content (AvgIpc) is 3.44. The van der Waals surface area contributed by atoms with Crippen LogP contribution < -0.4 is 10.6 Å². The molecule has 0 saturated carbocycles. The van der Waals surface area contributed by atoms with Crippen molar-refractivity contribution in [3.8, 4) is 5.69 Å². The SMILES string of the molecule is O=C(NCc1cnn(-c2ccccc2)c1)Nc1cnn(CC2CCCO2)c1. The Morgan fingerprint density at radius 3 is 2.89 bits per heavy atom. The van der Waals surface area contributed by atoms with Gasteiger partial charge < -0.3 is 15.4 Å². The zero-order chi connectivity index (χ0) is 18.5. The van der Waals surface area contributed by atoms with Crippen LogP contribution in [0.2, 0.25) is 0 Å². The van der Waals surface area contributed by atoms with E-state index in [1.807, 2.05) is 42.7 Å². The molecule has 27 heavy (non-hydrogen) atoms. The van der Waals surface area contributed by atoms with Gasteiger partial charge in [0.2, 0.25) is 0 Å².